The van der Waals surface area contributed by atoms with Gasteiger partial charge in [0.05, 0.1) is 28.1 Å². The Morgan fingerprint density at radius 1 is 0.714 bits per heavy atom. The van der Waals surface area contributed by atoms with E-state index in [1.807, 2.05) is 6.07 Å². The molecule has 0 saturated heterocycles. The lowest BCUT2D eigenvalue weighted by Gasteiger charge is -2.12. The Bertz CT molecular complexity index is 1060. The Morgan fingerprint density at radius 2 is 1.25 bits per heavy atom. The first-order valence-electron chi connectivity index (χ1n) is 7.86. The van der Waals surface area contributed by atoms with Crippen LogP contribution in [0, 0.1) is 11.3 Å². The molecule has 0 aliphatic rings. The molecule has 0 radical (unpaired) electrons. The van der Waals surface area contributed by atoms with Crippen molar-refractivity contribution < 1.29 is 26.3 Å². The second-order valence-electron chi connectivity index (χ2n) is 5.86. The number of halogens is 6. The Labute approximate surface area is 155 Å². The Kier molecular flexibility index (Phi) is 4.86. The van der Waals surface area contributed by atoms with Crippen molar-refractivity contribution in [1.82, 2.24) is 4.98 Å². The number of hydrogen-bond donors (Lipinski definition) is 0. The van der Waals surface area contributed by atoms with Crippen LogP contribution in [0.25, 0.3) is 22.5 Å². The summed E-state index contributed by atoms with van der Waals surface area (Å²) < 4.78 is 77.7. The molecule has 0 fully saturated rings. The molecule has 0 unspecified atom stereocenters. The van der Waals surface area contributed by atoms with Gasteiger partial charge in [-0.2, -0.15) is 31.6 Å². The summed E-state index contributed by atoms with van der Waals surface area (Å²) in [4.78, 5) is 4.17. The van der Waals surface area contributed by atoms with Crippen molar-refractivity contribution in [2.45, 2.75) is 12.4 Å². The van der Waals surface area contributed by atoms with E-state index >= 15 is 0 Å². The van der Waals surface area contributed by atoms with Crippen molar-refractivity contribution in [1.29, 1.82) is 5.26 Å². The largest absolute Gasteiger partial charge is 0.416 e. The molecular formula is C20H10F6N2. The van der Waals surface area contributed by atoms with E-state index in [4.69, 9.17) is 0 Å². The molecule has 2 aromatic carbocycles. The highest BCUT2D eigenvalue weighted by Gasteiger charge is 2.31. The monoisotopic (exact) mass is 392 g/mol. The van der Waals surface area contributed by atoms with Crippen LogP contribution in [-0.2, 0) is 12.4 Å². The number of hydrogen-bond acceptors (Lipinski definition) is 2. The predicted molar refractivity (Wildman–Crippen MR) is 89.8 cm³/mol. The molecule has 8 heteroatoms. The highest BCUT2D eigenvalue weighted by molar-refractivity contribution is 5.72. The maximum Gasteiger partial charge on any atom is 0.416 e. The van der Waals surface area contributed by atoms with Gasteiger partial charge >= 0.3 is 12.4 Å². The SMILES string of the molecule is N#Cc1ccc(-c2cccc(C(F)(F)F)c2)nc1-c1cccc(C(F)(F)F)c1. The van der Waals surface area contributed by atoms with Crippen LogP contribution in [0.5, 0.6) is 0 Å². The van der Waals surface area contributed by atoms with Crippen molar-refractivity contribution >= 4 is 0 Å². The van der Waals surface area contributed by atoms with Crippen molar-refractivity contribution in [2.75, 3.05) is 0 Å². The van der Waals surface area contributed by atoms with E-state index < -0.39 is 23.5 Å². The molecular weight excluding hydrogens is 382 g/mol. The minimum absolute atomic E-state index is 0.00931. The number of rotatable bonds is 2. The molecule has 0 bridgehead atoms. The third-order valence-electron chi connectivity index (χ3n) is 3.96. The van der Waals surface area contributed by atoms with E-state index in [1.165, 1.54) is 36.4 Å². The van der Waals surface area contributed by atoms with Crippen LogP contribution in [0.1, 0.15) is 16.7 Å². The van der Waals surface area contributed by atoms with E-state index in [0.717, 1.165) is 24.3 Å². The number of benzene rings is 2. The number of pyridine rings is 1. The molecule has 142 valence electrons. The first-order valence-corrected chi connectivity index (χ1v) is 7.86. The van der Waals surface area contributed by atoms with Crippen molar-refractivity contribution in [3.8, 4) is 28.6 Å². The quantitative estimate of drug-likeness (QED) is 0.478. The second kappa shape index (κ2) is 7.00. The summed E-state index contributed by atoms with van der Waals surface area (Å²) in [5.74, 6) is 0. The van der Waals surface area contributed by atoms with Crippen LogP contribution in [0.4, 0.5) is 26.3 Å². The first kappa shape index (κ1) is 19.4. The summed E-state index contributed by atoms with van der Waals surface area (Å²) in [6.45, 7) is 0. The maximum atomic E-state index is 13.0. The summed E-state index contributed by atoms with van der Waals surface area (Å²) in [6, 6.07) is 13.2. The zero-order chi connectivity index (χ0) is 20.5. The Hall–Kier alpha value is -3.34. The lowest BCUT2D eigenvalue weighted by Crippen LogP contribution is -2.05. The molecule has 0 spiro atoms. The first-order chi connectivity index (χ1) is 13.1. The third-order valence-corrected chi connectivity index (χ3v) is 3.96. The third kappa shape index (κ3) is 3.98. The van der Waals surface area contributed by atoms with Gasteiger partial charge in [-0.3, -0.25) is 0 Å². The minimum Gasteiger partial charge on any atom is -0.246 e. The molecule has 0 N–H and O–H groups in total. The number of aromatic nitrogens is 1. The smallest absolute Gasteiger partial charge is 0.246 e. The van der Waals surface area contributed by atoms with E-state index in [0.29, 0.717) is 0 Å². The molecule has 1 aromatic heterocycles. The average molecular weight is 392 g/mol. The van der Waals surface area contributed by atoms with Crippen LogP contribution >= 0.6 is 0 Å². The molecule has 0 amide bonds. The Balaban J connectivity index is 2.14. The van der Waals surface area contributed by atoms with Gasteiger partial charge in [0.1, 0.15) is 6.07 Å². The highest BCUT2D eigenvalue weighted by Crippen LogP contribution is 2.35. The standard InChI is InChI=1S/C20H10F6N2/c21-19(22,23)15-5-1-3-12(9-15)17-8-7-14(11-27)18(28-17)13-4-2-6-16(10-13)20(24,25)26/h1-10H. The zero-order valence-corrected chi connectivity index (χ0v) is 13.9. The second-order valence-corrected chi connectivity index (χ2v) is 5.86. The summed E-state index contributed by atoms with van der Waals surface area (Å²) in [5.41, 5.74) is -1.54. The number of alkyl halides is 6. The van der Waals surface area contributed by atoms with Crippen LogP contribution in [0.15, 0.2) is 60.7 Å². The van der Waals surface area contributed by atoms with E-state index in [9.17, 15) is 31.6 Å². The molecule has 0 atom stereocenters. The number of nitrogens with zero attached hydrogens (tertiary/aromatic N) is 2. The number of nitriles is 1. The molecule has 0 saturated carbocycles. The van der Waals surface area contributed by atoms with Crippen molar-refractivity contribution in [3.05, 3.63) is 77.4 Å². The normalized spacial score (nSPS) is 11.9. The van der Waals surface area contributed by atoms with Gasteiger partial charge in [-0.15, -0.1) is 0 Å². The predicted octanol–water partition coefficient (Wildman–Crippen LogP) is 6.32. The van der Waals surface area contributed by atoms with Gasteiger partial charge in [0.15, 0.2) is 0 Å². The van der Waals surface area contributed by atoms with E-state index in [-0.39, 0.29) is 28.1 Å². The summed E-state index contributed by atoms with van der Waals surface area (Å²) in [7, 11) is 0. The molecule has 2 nitrogen and oxygen atoms in total. The molecule has 3 rings (SSSR count). The topological polar surface area (TPSA) is 36.7 Å². The van der Waals surface area contributed by atoms with Gasteiger partial charge in [-0.05, 0) is 36.4 Å². The lowest BCUT2D eigenvalue weighted by molar-refractivity contribution is -0.138. The average Bonchev–Trinajstić information content (AvgIpc) is 2.66. The van der Waals surface area contributed by atoms with Gasteiger partial charge in [-0.25, -0.2) is 4.98 Å². The fourth-order valence-electron chi connectivity index (χ4n) is 2.63. The van der Waals surface area contributed by atoms with E-state index in [1.54, 1.807) is 0 Å². The fraction of sp³-hybridized carbons (Fsp3) is 0.100. The molecule has 0 aliphatic carbocycles. The maximum absolute atomic E-state index is 13.0. The fourth-order valence-corrected chi connectivity index (χ4v) is 2.63. The Morgan fingerprint density at radius 3 is 1.79 bits per heavy atom. The van der Waals surface area contributed by atoms with Gasteiger partial charge in [-0.1, -0.05) is 24.3 Å². The van der Waals surface area contributed by atoms with Gasteiger partial charge < -0.3 is 0 Å². The lowest BCUT2D eigenvalue weighted by atomic mass is 10.0. The molecule has 1 heterocycles. The van der Waals surface area contributed by atoms with Crippen LogP contribution in [0.3, 0.4) is 0 Å². The summed E-state index contributed by atoms with van der Waals surface area (Å²) in [6.07, 6.45) is -9.13. The summed E-state index contributed by atoms with van der Waals surface area (Å²) in [5, 5.41) is 9.26. The minimum atomic E-state index is -4.58. The zero-order valence-electron chi connectivity index (χ0n) is 13.9. The molecule has 3 aromatic rings. The summed E-state index contributed by atoms with van der Waals surface area (Å²) >= 11 is 0. The van der Waals surface area contributed by atoms with Crippen LogP contribution < -0.4 is 0 Å². The van der Waals surface area contributed by atoms with Gasteiger partial charge in [0.2, 0.25) is 0 Å². The van der Waals surface area contributed by atoms with Crippen LogP contribution in [-0.4, -0.2) is 4.98 Å². The van der Waals surface area contributed by atoms with Crippen molar-refractivity contribution in [3.63, 3.8) is 0 Å². The molecule has 0 aliphatic heterocycles. The van der Waals surface area contributed by atoms with Gasteiger partial charge in [0.25, 0.3) is 0 Å². The van der Waals surface area contributed by atoms with Gasteiger partial charge in [0, 0.05) is 11.1 Å². The highest BCUT2D eigenvalue weighted by atomic mass is 19.4. The van der Waals surface area contributed by atoms with Crippen LogP contribution in [0.2, 0.25) is 0 Å². The molecule has 28 heavy (non-hydrogen) atoms. The van der Waals surface area contributed by atoms with E-state index in [2.05, 4.69) is 4.98 Å². The van der Waals surface area contributed by atoms with Crippen molar-refractivity contribution in [2.24, 2.45) is 0 Å².